The molecule has 1 amide bonds. The molecule has 26 heavy (non-hydrogen) atoms. The molecule has 2 aromatic rings. The molecule has 0 saturated carbocycles. The lowest BCUT2D eigenvalue weighted by molar-refractivity contribution is -0.118. The van der Waals surface area contributed by atoms with E-state index in [1.807, 2.05) is 25.1 Å². The first-order valence-corrected chi connectivity index (χ1v) is 9.01. The lowest BCUT2D eigenvalue weighted by Crippen LogP contribution is -2.20. The van der Waals surface area contributed by atoms with Crippen molar-refractivity contribution in [3.63, 3.8) is 0 Å². The summed E-state index contributed by atoms with van der Waals surface area (Å²) in [6.45, 7) is 3.13. The van der Waals surface area contributed by atoms with Gasteiger partial charge in [0.15, 0.2) is 6.61 Å². The average Bonchev–Trinajstić information content (AvgIpc) is 3.15. The highest BCUT2D eigenvalue weighted by Crippen LogP contribution is 2.22. The van der Waals surface area contributed by atoms with E-state index in [2.05, 4.69) is 5.32 Å². The summed E-state index contributed by atoms with van der Waals surface area (Å²) in [5.41, 5.74) is 1.57. The SMILES string of the molecule is Cc1cc(OCC(=O)Nc2cccc(OC[C@@H]3CCCO3)c2)ccc1Cl. The highest BCUT2D eigenvalue weighted by molar-refractivity contribution is 6.31. The molecule has 1 heterocycles. The van der Waals surface area contributed by atoms with Crippen LogP contribution in [0.3, 0.4) is 0 Å². The Bertz CT molecular complexity index is 759. The third-order valence-electron chi connectivity index (χ3n) is 4.08. The molecule has 1 aliphatic heterocycles. The summed E-state index contributed by atoms with van der Waals surface area (Å²) in [7, 11) is 0. The molecule has 1 saturated heterocycles. The van der Waals surface area contributed by atoms with Crippen molar-refractivity contribution in [2.24, 2.45) is 0 Å². The molecule has 1 aliphatic rings. The van der Waals surface area contributed by atoms with Gasteiger partial charge in [0, 0.05) is 23.4 Å². The van der Waals surface area contributed by atoms with Gasteiger partial charge in [-0.1, -0.05) is 17.7 Å². The summed E-state index contributed by atoms with van der Waals surface area (Å²) in [6, 6.07) is 12.6. The molecule has 1 N–H and O–H groups in total. The number of amides is 1. The van der Waals surface area contributed by atoms with Gasteiger partial charge in [-0.15, -0.1) is 0 Å². The summed E-state index contributed by atoms with van der Waals surface area (Å²) < 4.78 is 16.8. The van der Waals surface area contributed by atoms with Crippen LogP contribution < -0.4 is 14.8 Å². The first-order valence-electron chi connectivity index (χ1n) is 8.63. The van der Waals surface area contributed by atoms with E-state index in [0.717, 1.165) is 25.0 Å². The maximum Gasteiger partial charge on any atom is 0.262 e. The van der Waals surface area contributed by atoms with Crippen LogP contribution in [0.15, 0.2) is 42.5 Å². The van der Waals surface area contributed by atoms with Gasteiger partial charge < -0.3 is 19.5 Å². The van der Waals surface area contributed by atoms with Crippen molar-refractivity contribution in [1.82, 2.24) is 0 Å². The molecule has 5 nitrogen and oxygen atoms in total. The second-order valence-electron chi connectivity index (χ2n) is 6.22. The smallest absolute Gasteiger partial charge is 0.262 e. The Morgan fingerprint density at radius 3 is 2.85 bits per heavy atom. The minimum absolute atomic E-state index is 0.0813. The van der Waals surface area contributed by atoms with Gasteiger partial charge in [0.05, 0.1) is 6.10 Å². The number of ether oxygens (including phenoxy) is 3. The number of carbonyl (C=O) groups is 1. The molecule has 3 rings (SSSR count). The molecule has 138 valence electrons. The van der Waals surface area contributed by atoms with Crippen LogP contribution in [-0.4, -0.2) is 31.8 Å². The van der Waals surface area contributed by atoms with Crippen LogP contribution in [0.5, 0.6) is 11.5 Å². The Labute approximate surface area is 158 Å². The van der Waals surface area contributed by atoms with Gasteiger partial charge in [0.25, 0.3) is 5.91 Å². The normalized spacial score (nSPS) is 16.3. The monoisotopic (exact) mass is 375 g/mol. The summed E-state index contributed by atoms with van der Waals surface area (Å²) in [5, 5.41) is 3.47. The highest BCUT2D eigenvalue weighted by Gasteiger charge is 2.16. The van der Waals surface area contributed by atoms with Crippen molar-refractivity contribution >= 4 is 23.2 Å². The molecule has 0 unspecified atom stereocenters. The van der Waals surface area contributed by atoms with Crippen LogP contribution >= 0.6 is 11.6 Å². The van der Waals surface area contributed by atoms with Crippen LogP contribution in [0.25, 0.3) is 0 Å². The molecular weight excluding hydrogens is 354 g/mol. The Balaban J connectivity index is 1.48. The largest absolute Gasteiger partial charge is 0.491 e. The Hall–Kier alpha value is -2.24. The van der Waals surface area contributed by atoms with E-state index in [-0.39, 0.29) is 18.6 Å². The Morgan fingerprint density at radius 1 is 1.23 bits per heavy atom. The fourth-order valence-electron chi connectivity index (χ4n) is 2.68. The molecule has 0 bridgehead atoms. The van der Waals surface area contributed by atoms with Gasteiger partial charge in [-0.2, -0.15) is 0 Å². The van der Waals surface area contributed by atoms with Gasteiger partial charge in [-0.25, -0.2) is 0 Å². The van der Waals surface area contributed by atoms with Crippen LogP contribution in [0.1, 0.15) is 18.4 Å². The summed E-state index contributed by atoms with van der Waals surface area (Å²) in [5.74, 6) is 1.07. The minimum atomic E-state index is -0.242. The zero-order chi connectivity index (χ0) is 18.4. The first-order chi connectivity index (χ1) is 12.6. The molecule has 2 aromatic carbocycles. The molecule has 0 spiro atoms. The second-order valence-corrected chi connectivity index (χ2v) is 6.63. The Morgan fingerprint density at radius 2 is 2.08 bits per heavy atom. The number of hydrogen-bond donors (Lipinski definition) is 1. The van der Waals surface area contributed by atoms with E-state index in [0.29, 0.717) is 28.8 Å². The highest BCUT2D eigenvalue weighted by atomic mass is 35.5. The number of hydrogen-bond acceptors (Lipinski definition) is 4. The van der Waals surface area contributed by atoms with Crippen LogP contribution in [0.4, 0.5) is 5.69 Å². The van der Waals surface area contributed by atoms with Gasteiger partial charge in [0.2, 0.25) is 0 Å². The number of carbonyl (C=O) groups excluding carboxylic acids is 1. The maximum atomic E-state index is 12.1. The maximum absolute atomic E-state index is 12.1. The summed E-state index contributed by atoms with van der Waals surface area (Å²) in [6.07, 6.45) is 2.26. The van der Waals surface area contributed by atoms with Gasteiger partial charge in [-0.3, -0.25) is 4.79 Å². The lowest BCUT2D eigenvalue weighted by atomic mass is 10.2. The predicted molar refractivity (Wildman–Crippen MR) is 101 cm³/mol. The third kappa shape index (κ3) is 5.38. The number of anilines is 1. The zero-order valence-electron chi connectivity index (χ0n) is 14.7. The number of halogens is 1. The fraction of sp³-hybridized carbons (Fsp3) is 0.350. The minimum Gasteiger partial charge on any atom is -0.491 e. The molecule has 0 aliphatic carbocycles. The Kier molecular flexibility index (Phi) is 6.36. The number of nitrogens with one attached hydrogen (secondary N) is 1. The first kappa shape index (κ1) is 18.5. The van der Waals surface area contributed by atoms with Crippen molar-refractivity contribution in [1.29, 1.82) is 0 Å². The number of benzene rings is 2. The predicted octanol–water partition coefficient (Wildman–Crippen LogP) is 4.22. The molecule has 1 atom stereocenters. The van der Waals surface area contributed by atoms with Crippen molar-refractivity contribution in [2.45, 2.75) is 25.9 Å². The van der Waals surface area contributed by atoms with Crippen molar-refractivity contribution < 1.29 is 19.0 Å². The van der Waals surface area contributed by atoms with Gasteiger partial charge in [0.1, 0.15) is 18.1 Å². The van der Waals surface area contributed by atoms with E-state index in [1.165, 1.54) is 0 Å². The van der Waals surface area contributed by atoms with E-state index >= 15 is 0 Å². The van der Waals surface area contributed by atoms with Crippen LogP contribution in [-0.2, 0) is 9.53 Å². The van der Waals surface area contributed by atoms with Crippen molar-refractivity contribution in [2.75, 3.05) is 25.1 Å². The molecule has 0 radical (unpaired) electrons. The standard InChI is InChI=1S/C20H22ClNO4/c1-14-10-17(7-8-19(14)21)26-13-20(23)22-15-4-2-5-16(11-15)25-12-18-6-3-9-24-18/h2,4-5,7-8,10-11,18H,3,6,9,12-13H2,1H3,(H,22,23)/t18-/m0/s1. The van der Waals surface area contributed by atoms with Crippen LogP contribution in [0.2, 0.25) is 5.02 Å². The van der Waals surface area contributed by atoms with E-state index in [9.17, 15) is 4.79 Å². The van der Waals surface area contributed by atoms with Crippen molar-refractivity contribution in [3.8, 4) is 11.5 Å². The molecule has 0 aromatic heterocycles. The van der Waals surface area contributed by atoms with E-state index < -0.39 is 0 Å². The summed E-state index contributed by atoms with van der Waals surface area (Å²) in [4.78, 5) is 12.1. The quantitative estimate of drug-likeness (QED) is 0.787. The lowest BCUT2D eigenvalue weighted by Gasteiger charge is -2.13. The summed E-state index contributed by atoms with van der Waals surface area (Å²) >= 11 is 5.98. The third-order valence-corrected chi connectivity index (χ3v) is 4.50. The number of rotatable bonds is 7. The van der Waals surface area contributed by atoms with Gasteiger partial charge in [-0.05, 0) is 55.7 Å². The second kappa shape index (κ2) is 8.92. The molecule has 1 fully saturated rings. The van der Waals surface area contributed by atoms with Crippen LogP contribution in [0, 0.1) is 6.92 Å². The van der Waals surface area contributed by atoms with E-state index in [4.69, 9.17) is 25.8 Å². The van der Waals surface area contributed by atoms with Crippen molar-refractivity contribution in [3.05, 3.63) is 53.1 Å². The average molecular weight is 376 g/mol. The molecular formula is C20H22ClNO4. The topological polar surface area (TPSA) is 56.8 Å². The van der Waals surface area contributed by atoms with E-state index in [1.54, 1.807) is 24.3 Å². The molecule has 6 heteroatoms. The fourth-order valence-corrected chi connectivity index (χ4v) is 2.80. The number of aryl methyl sites for hydroxylation is 1. The van der Waals surface area contributed by atoms with Gasteiger partial charge >= 0.3 is 0 Å². The zero-order valence-corrected chi connectivity index (χ0v) is 15.4.